The van der Waals surface area contributed by atoms with Crippen molar-refractivity contribution < 1.29 is 4.74 Å². The fourth-order valence-corrected chi connectivity index (χ4v) is 1.89. The molecule has 0 unspecified atom stereocenters. The van der Waals surface area contributed by atoms with E-state index in [4.69, 9.17) is 22.1 Å². The van der Waals surface area contributed by atoms with Gasteiger partial charge in [0.05, 0.1) is 18.5 Å². The third-order valence-electron chi connectivity index (χ3n) is 2.82. The Labute approximate surface area is 112 Å². The third-order valence-corrected chi connectivity index (χ3v) is 3.23. The van der Waals surface area contributed by atoms with Crippen molar-refractivity contribution in [3.8, 4) is 5.75 Å². The summed E-state index contributed by atoms with van der Waals surface area (Å²) < 4.78 is 5.19. The van der Waals surface area contributed by atoms with Crippen molar-refractivity contribution in [2.75, 3.05) is 18.2 Å². The maximum absolute atomic E-state index is 6.08. The highest BCUT2D eigenvalue weighted by Gasteiger charge is 2.07. The lowest BCUT2D eigenvalue weighted by molar-refractivity contribution is 0.417. The molecule has 18 heavy (non-hydrogen) atoms. The molecule has 2 rings (SSSR count). The molecule has 0 amide bonds. The van der Waals surface area contributed by atoms with Crippen molar-refractivity contribution >= 4 is 28.7 Å². The van der Waals surface area contributed by atoms with E-state index in [1.165, 1.54) is 0 Å². The minimum atomic E-state index is 0.583. The number of nitrogens with two attached hydrogens (primary N) is 1. The number of anilines is 3. The summed E-state index contributed by atoms with van der Waals surface area (Å²) in [5.41, 5.74) is 9.32. The van der Waals surface area contributed by atoms with Crippen LogP contribution >= 0.6 is 11.6 Å². The average molecular weight is 263 g/mol. The molecule has 0 saturated heterocycles. The first-order valence-electron chi connectivity index (χ1n) is 5.58. The van der Waals surface area contributed by atoms with Crippen LogP contribution in [0, 0.1) is 6.92 Å². The number of rotatable bonds is 3. The first-order chi connectivity index (χ1) is 8.63. The molecule has 0 aliphatic rings. The zero-order chi connectivity index (χ0) is 13.1. The van der Waals surface area contributed by atoms with Crippen LogP contribution in [0.15, 0.2) is 36.4 Å². The van der Waals surface area contributed by atoms with Crippen molar-refractivity contribution in [1.29, 1.82) is 0 Å². The van der Waals surface area contributed by atoms with E-state index in [9.17, 15) is 0 Å². The van der Waals surface area contributed by atoms with Gasteiger partial charge in [0.1, 0.15) is 5.75 Å². The van der Waals surface area contributed by atoms with Gasteiger partial charge in [-0.2, -0.15) is 0 Å². The summed E-state index contributed by atoms with van der Waals surface area (Å²) in [5.74, 6) is 0.652. The Morgan fingerprint density at radius 3 is 2.50 bits per heavy atom. The fraction of sp³-hybridized carbons (Fsp3) is 0.143. The summed E-state index contributed by atoms with van der Waals surface area (Å²) in [6.07, 6.45) is 0. The van der Waals surface area contributed by atoms with Gasteiger partial charge in [-0.1, -0.05) is 23.7 Å². The predicted molar refractivity (Wildman–Crippen MR) is 76.9 cm³/mol. The van der Waals surface area contributed by atoms with Crippen LogP contribution in [0.25, 0.3) is 0 Å². The Morgan fingerprint density at radius 1 is 1.11 bits per heavy atom. The second kappa shape index (κ2) is 5.19. The molecule has 0 aliphatic heterocycles. The number of nitrogens with one attached hydrogen (secondary N) is 1. The smallest absolute Gasteiger partial charge is 0.143 e. The highest BCUT2D eigenvalue weighted by Crippen LogP contribution is 2.33. The van der Waals surface area contributed by atoms with E-state index in [0.29, 0.717) is 11.4 Å². The van der Waals surface area contributed by atoms with Crippen LogP contribution in [0.1, 0.15) is 5.56 Å². The topological polar surface area (TPSA) is 47.3 Å². The minimum absolute atomic E-state index is 0.583. The SMILES string of the molecule is COc1cccc(Nc2cccc(Cl)c2C)c1N. The summed E-state index contributed by atoms with van der Waals surface area (Å²) >= 11 is 6.08. The molecule has 0 fully saturated rings. The van der Waals surface area contributed by atoms with Gasteiger partial charge >= 0.3 is 0 Å². The normalized spacial score (nSPS) is 10.2. The second-order valence-corrected chi connectivity index (χ2v) is 4.37. The zero-order valence-corrected chi connectivity index (χ0v) is 11.1. The van der Waals surface area contributed by atoms with E-state index >= 15 is 0 Å². The molecule has 0 saturated carbocycles. The molecule has 0 bridgehead atoms. The van der Waals surface area contributed by atoms with Gasteiger partial charge in [-0.25, -0.2) is 0 Å². The summed E-state index contributed by atoms with van der Waals surface area (Å²) in [5, 5.41) is 3.99. The summed E-state index contributed by atoms with van der Waals surface area (Å²) in [6, 6.07) is 11.3. The average Bonchev–Trinajstić information content (AvgIpc) is 2.37. The van der Waals surface area contributed by atoms with Crippen LogP contribution in [0.3, 0.4) is 0 Å². The van der Waals surface area contributed by atoms with E-state index in [2.05, 4.69) is 5.32 Å². The lowest BCUT2D eigenvalue weighted by Crippen LogP contribution is -2.00. The van der Waals surface area contributed by atoms with Crippen molar-refractivity contribution in [2.45, 2.75) is 6.92 Å². The number of para-hydroxylation sites is 1. The molecule has 3 nitrogen and oxygen atoms in total. The van der Waals surface area contributed by atoms with Gasteiger partial charge in [0, 0.05) is 10.7 Å². The summed E-state index contributed by atoms with van der Waals surface area (Å²) in [6.45, 7) is 1.96. The summed E-state index contributed by atoms with van der Waals surface area (Å²) in [7, 11) is 1.60. The number of nitrogen functional groups attached to an aromatic ring is 1. The number of halogens is 1. The van der Waals surface area contributed by atoms with E-state index < -0.39 is 0 Å². The minimum Gasteiger partial charge on any atom is -0.495 e. The van der Waals surface area contributed by atoms with E-state index in [0.717, 1.165) is 22.0 Å². The Hall–Kier alpha value is -1.87. The largest absolute Gasteiger partial charge is 0.495 e. The Morgan fingerprint density at radius 2 is 1.78 bits per heavy atom. The Balaban J connectivity index is 2.37. The Bertz CT molecular complexity index is 570. The van der Waals surface area contributed by atoms with Gasteiger partial charge in [0.25, 0.3) is 0 Å². The van der Waals surface area contributed by atoms with Crippen LogP contribution in [-0.4, -0.2) is 7.11 Å². The van der Waals surface area contributed by atoms with Gasteiger partial charge in [-0.3, -0.25) is 0 Å². The molecule has 0 aromatic heterocycles. The van der Waals surface area contributed by atoms with Crippen molar-refractivity contribution in [1.82, 2.24) is 0 Å². The number of hydrogen-bond donors (Lipinski definition) is 2. The van der Waals surface area contributed by atoms with Gasteiger partial charge in [0.2, 0.25) is 0 Å². The lowest BCUT2D eigenvalue weighted by Gasteiger charge is -2.14. The van der Waals surface area contributed by atoms with E-state index in [1.54, 1.807) is 7.11 Å². The fourth-order valence-electron chi connectivity index (χ4n) is 1.72. The molecule has 0 aliphatic carbocycles. The monoisotopic (exact) mass is 262 g/mol. The van der Waals surface area contributed by atoms with Gasteiger partial charge in [-0.15, -0.1) is 0 Å². The third kappa shape index (κ3) is 2.36. The number of benzene rings is 2. The van der Waals surface area contributed by atoms with Crippen molar-refractivity contribution in [3.63, 3.8) is 0 Å². The Kier molecular flexibility index (Phi) is 3.63. The molecule has 0 atom stereocenters. The molecule has 2 aromatic rings. The number of hydrogen-bond acceptors (Lipinski definition) is 3. The van der Waals surface area contributed by atoms with Crippen molar-refractivity contribution in [2.24, 2.45) is 0 Å². The van der Waals surface area contributed by atoms with Gasteiger partial charge in [0.15, 0.2) is 0 Å². The van der Waals surface area contributed by atoms with Crippen LogP contribution < -0.4 is 15.8 Å². The second-order valence-electron chi connectivity index (χ2n) is 3.96. The molecule has 3 N–H and O–H groups in total. The van der Waals surface area contributed by atoms with Crippen molar-refractivity contribution in [3.05, 3.63) is 47.0 Å². The lowest BCUT2D eigenvalue weighted by atomic mass is 10.2. The highest BCUT2D eigenvalue weighted by atomic mass is 35.5. The molecular weight excluding hydrogens is 248 g/mol. The molecular formula is C14H15ClN2O. The first-order valence-corrected chi connectivity index (χ1v) is 5.96. The standard InChI is InChI=1S/C14H15ClN2O/c1-9-10(15)5-3-6-11(9)17-12-7-4-8-13(18-2)14(12)16/h3-8,17H,16H2,1-2H3. The van der Waals surface area contributed by atoms with E-state index in [-0.39, 0.29) is 0 Å². The molecule has 0 radical (unpaired) electrons. The maximum atomic E-state index is 6.08. The predicted octanol–water partition coefficient (Wildman–Crippen LogP) is 3.98. The molecule has 0 spiro atoms. The molecule has 4 heteroatoms. The van der Waals surface area contributed by atoms with Crippen LogP contribution in [0.4, 0.5) is 17.1 Å². The number of methoxy groups -OCH3 is 1. The van der Waals surface area contributed by atoms with Gasteiger partial charge < -0.3 is 15.8 Å². The molecule has 94 valence electrons. The van der Waals surface area contributed by atoms with E-state index in [1.807, 2.05) is 43.3 Å². The highest BCUT2D eigenvalue weighted by molar-refractivity contribution is 6.31. The first kappa shape index (κ1) is 12.6. The van der Waals surface area contributed by atoms with Crippen LogP contribution in [0.5, 0.6) is 5.75 Å². The van der Waals surface area contributed by atoms with Gasteiger partial charge in [-0.05, 0) is 36.8 Å². The molecule has 0 heterocycles. The zero-order valence-electron chi connectivity index (χ0n) is 10.3. The molecule has 2 aromatic carbocycles. The summed E-state index contributed by atoms with van der Waals surface area (Å²) in [4.78, 5) is 0. The van der Waals surface area contributed by atoms with Crippen LogP contribution in [-0.2, 0) is 0 Å². The van der Waals surface area contributed by atoms with Crippen LogP contribution in [0.2, 0.25) is 5.02 Å². The number of ether oxygens (including phenoxy) is 1. The quantitative estimate of drug-likeness (QED) is 0.823. The maximum Gasteiger partial charge on any atom is 0.143 e.